The SMILES string of the molecule is CCCC(=O)C(=O)c1cc(C)c(C)cc1C. The minimum atomic E-state index is -0.345. The molecule has 1 rings (SSSR count). The van der Waals surface area contributed by atoms with Crippen molar-refractivity contribution in [1.29, 1.82) is 0 Å². The highest BCUT2D eigenvalue weighted by molar-refractivity contribution is 6.44. The first-order valence-corrected chi connectivity index (χ1v) is 5.62. The van der Waals surface area contributed by atoms with E-state index in [1.54, 1.807) is 0 Å². The molecule has 1 aromatic carbocycles. The maximum atomic E-state index is 11.9. The Labute approximate surface area is 96.7 Å². The molecule has 0 radical (unpaired) electrons. The predicted octanol–water partition coefficient (Wildman–Crippen LogP) is 3.16. The Morgan fingerprint density at radius 1 is 1.00 bits per heavy atom. The van der Waals surface area contributed by atoms with E-state index < -0.39 is 0 Å². The lowest BCUT2D eigenvalue weighted by molar-refractivity contribution is -0.115. The van der Waals surface area contributed by atoms with Crippen LogP contribution in [0.3, 0.4) is 0 Å². The molecular formula is C14H18O2. The molecule has 0 aliphatic heterocycles. The van der Waals surface area contributed by atoms with Crippen LogP contribution in [0.15, 0.2) is 12.1 Å². The zero-order valence-corrected chi connectivity index (χ0v) is 10.4. The summed E-state index contributed by atoms with van der Waals surface area (Å²) >= 11 is 0. The van der Waals surface area contributed by atoms with E-state index in [0.29, 0.717) is 18.4 Å². The second-order valence-corrected chi connectivity index (χ2v) is 4.25. The molecule has 0 fully saturated rings. The van der Waals surface area contributed by atoms with E-state index in [9.17, 15) is 9.59 Å². The zero-order valence-electron chi connectivity index (χ0n) is 10.4. The highest BCUT2D eigenvalue weighted by Crippen LogP contribution is 2.16. The Morgan fingerprint density at radius 3 is 2.12 bits per heavy atom. The van der Waals surface area contributed by atoms with Gasteiger partial charge in [0.2, 0.25) is 11.6 Å². The van der Waals surface area contributed by atoms with Gasteiger partial charge >= 0.3 is 0 Å². The number of carbonyl (C=O) groups is 2. The van der Waals surface area contributed by atoms with Gasteiger partial charge in [-0.3, -0.25) is 9.59 Å². The van der Waals surface area contributed by atoms with Gasteiger partial charge in [-0.15, -0.1) is 0 Å². The number of hydrogen-bond acceptors (Lipinski definition) is 2. The van der Waals surface area contributed by atoms with Gasteiger partial charge in [-0.1, -0.05) is 13.0 Å². The van der Waals surface area contributed by atoms with Crippen LogP contribution in [-0.4, -0.2) is 11.6 Å². The van der Waals surface area contributed by atoms with Crippen LogP contribution >= 0.6 is 0 Å². The quantitative estimate of drug-likeness (QED) is 0.574. The summed E-state index contributed by atoms with van der Waals surface area (Å²) < 4.78 is 0. The van der Waals surface area contributed by atoms with E-state index in [2.05, 4.69) is 0 Å². The first-order valence-electron chi connectivity index (χ1n) is 5.62. The van der Waals surface area contributed by atoms with Crippen LogP contribution in [0.4, 0.5) is 0 Å². The molecule has 0 saturated heterocycles. The van der Waals surface area contributed by atoms with Crippen LogP contribution < -0.4 is 0 Å². The van der Waals surface area contributed by atoms with Crippen molar-refractivity contribution in [3.8, 4) is 0 Å². The molecule has 0 aliphatic rings. The molecule has 86 valence electrons. The number of benzene rings is 1. The average Bonchev–Trinajstić information content (AvgIpc) is 2.23. The highest BCUT2D eigenvalue weighted by Gasteiger charge is 2.17. The molecular weight excluding hydrogens is 200 g/mol. The van der Waals surface area contributed by atoms with Gasteiger partial charge in [0.15, 0.2) is 0 Å². The number of carbonyl (C=O) groups excluding carboxylic acids is 2. The molecule has 2 nitrogen and oxygen atoms in total. The van der Waals surface area contributed by atoms with Gasteiger partial charge in [0.1, 0.15) is 0 Å². The summed E-state index contributed by atoms with van der Waals surface area (Å²) in [4.78, 5) is 23.4. The van der Waals surface area contributed by atoms with Gasteiger partial charge in [-0.05, 0) is 49.9 Å². The highest BCUT2D eigenvalue weighted by atomic mass is 16.2. The third-order valence-electron chi connectivity index (χ3n) is 2.82. The van der Waals surface area contributed by atoms with Crippen molar-refractivity contribution in [3.63, 3.8) is 0 Å². The minimum Gasteiger partial charge on any atom is -0.290 e. The number of rotatable bonds is 4. The summed E-state index contributed by atoms with van der Waals surface area (Å²) in [5.74, 6) is -0.628. The van der Waals surface area contributed by atoms with Crippen molar-refractivity contribution in [1.82, 2.24) is 0 Å². The van der Waals surface area contributed by atoms with E-state index in [0.717, 1.165) is 16.7 Å². The van der Waals surface area contributed by atoms with Crippen LogP contribution in [0.5, 0.6) is 0 Å². The van der Waals surface area contributed by atoms with Crippen molar-refractivity contribution >= 4 is 11.6 Å². The Hall–Kier alpha value is -1.44. The molecule has 0 amide bonds. The lowest BCUT2D eigenvalue weighted by atomic mass is 9.95. The van der Waals surface area contributed by atoms with Crippen molar-refractivity contribution in [2.75, 3.05) is 0 Å². The third kappa shape index (κ3) is 2.57. The molecule has 1 aromatic rings. The van der Waals surface area contributed by atoms with Crippen molar-refractivity contribution in [3.05, 3.63) is 34.4 Å². The number of hydrogen-bond donors (Lipinski definition) is 0. The van der Waals surface area contributed by atoms with E-state index in [-0.39, 0.29) is 11.6 Å². The van der Waals surface area contributed by atoms with E-state index in [4.69, 9.17) is 0 Å². The fourth-order valence-electron chi connectivity index (χ4n) is 1.70. The first-order chi connectivity index (χ1) is 7.47. The Bertz CT molecular complexity index is 431. The van der Waals surface area contributed by atoms with Gasteiger partial charge in [-0.25, -0.2) is 0 Å². The summed E-state index contributed by atoms with van der Waals surface area (Å²) in [5, 5.41) is 0. The lowest BCUT2D eigenvalue weighted by Gasteiger charge is -2.08. The van der Waals surface area contributed by atoms with Crippen LogP contribution in [0.1, 0.15) is 46.8 Å². The Kier molecular flexibility index (Phi) is 3.99. The minimum absolute atomic E-state index is 0.283. The van der Waals surface area contributed by atoms with Crippen LogP contribution in [0.25, 0.3) is 0 Å². The van der Waals surface area contributed by atoms with Crippen molar-refractivity contribution in [2.45, 2.75) is 40.5 Å². The van der Waals surface area contributed by atoms with E-state index in [1.165, 1.54) is 0 Å². The van der Waals surface area contributed by atoms with Crippen molar-refractivity contribution < 1.29 is 9.59 Å². The molecule has 0 heterocycles. The molecule has 2 heteroatoms. The van der Waals surface area contributed by atoms with Crippen molar-refractivity contribution in [2.24, 2.45) is 0 Å². The molecule has 0 aromatic heterocycles. The monoisotopic (exact) mass is 218 g/mol. The summed E-state index contributed by atoms with van der Waals surface area (Å²) in [7, 11) is 0. The number of Topliss-reactive ketones (excluding diaryl/α,β-unsaturated/α-hetero) is 2. The predicted molar refractivity (Wildman–Crippen MR) is 64.9 cm³/mol. The average molecular weight is 218 g/mol. The molecule has 0 spiro atoms. The topological polar surface area (TPSA) is 34.1 Å². The number of aryl methyl sites for hydroxylation is 3. The summed E-state index contributed by atoms with van der Waals surface area (Å²) in [5.41, 5.74) is 3.65. The maximum Gasteiger partial charge on any atom is 0.228 e. The third-order valence-corrected chi connectivity index (χ3v) is 2.82. The fraction of sp³-hybridized carbons (Fsp3) is 0.429. The molecule has 0 aliphatic carbocycles. The molecule has 0 atom stereocenters. The second kappa shape index (κ2) is 5.06. The van der Waals surface area contributed by atoms with Crippen LogP contribution in [-0.2, 0) is 4.79 Å². The standard InChI is InChI=1S/C14H18O2/c1-5-6-13(15)14(16)12-8-10(3)9(2)7-11(12)4/h7-8H,5-6H2,1-4H3. The van der Waals surface area contributed by atoms with Gasteiger partial charge < -0.3 is 0 Å². The number of ketones is 2. The molecule has 16 heavy (non-hydrogen) atoms. The van der Waals surface area contributed by atoms with Gasteiger partial charge in [0, 0.05) is 12.0 Å². The Balaban J connectivity index is 3.09. The van der Waals surface area contributed by atoms with Gasteiger partial charge in [0.05, 0.1) is 0 Å². The maximum absolute atomic E-state index is 11.9. The Morgan fingerprint density at radius 2 is 1.56 bits per heavy atom. The van der Waals surface area contributed by atoms with Gasteiger partial charge in [0.25, 0.3) is 0 Å². The van der Waals surface area contributed by atoms with Crippen LogP contribution in [0.2, 0.25) is 0 Å². The van der Waals surface area contributed by atoms with E-state index in [1.807, 2.05) is 39.8 Å². The smallest absolute Gasteiger partial charge is 0.228 e. The normalized spacial score (nSPS) is 10.2. The summed E-state index contributed by atoms with van der Waals surface area (Å²) in [6.45, 7) is 7.73. The summed E-state index contributed by atoms with van der Waals surface area (Å²) in [6.07, 6.45) is 1.06. The largest absolute Gasteiger partial charge is 0.290 e. The molecule has 0 unspecified atom stereocenters. The van der Waals surface area contributed by atoms with E-state index >= 15 is 0 Å². The molecule has 0 saturated carbocycles. The fourth-order valence-corrected chi connectivity index (χ4v) is 1.70. The summed E-state index contributed by atoms with van der Waals surface area (Å²) in [6, 6.07) is 3.78. The first kappa shape index (κ1) is 12.6. The molecule has 0 N–H and O–H groups in total. The molecule has 0 bridgehead atoms. The zero-order chi connectivity index (χ0) is 12.3. The second-order valence-electron chi connectivity index (χ2n) is 4.25. The lowest BCUT2D eigenvalue weighted by Crippen LogP contribution is -2.15. The van der Waals surface area contributed by atoms with Crippen LogP contribution in [0, 0.1) is 20.8 Å². The van der Waals surface area contributed by atoms with Gasteiger partial charge in [-0.2, -0.15) is 0 Å².